The number of anilines is 1. The molecule has 0 saturated carbocycles. The number of carbonyl (C=O) groups excluding carboxylic acids is 3. The van der Waals surface area contributed by atoms with E-state index in [2.05, 4.69) is 15.2 Å². The quantitative estimate of drug-likeness (QED) is 0.446. The lowest BCUT2D eigenvalue weighted by atomic mass is 10.1. The van der Waals surface area contributed by atoms with Gasteiger partial charge >= 0.3 is 11.7 Å². The topological polar surface area (TPSA) is 159 Å². The molecule has 2 aromatic rings. The number of ether oxygens (including phenoxy) is 1. The molecule has 0 aliphatic carbocycles. The van der Waals surface area contributed by atoms with Crippen LogP contribution in [0.3, 0.4) is 0 Å². The fourth-order valence-electron chi connectivity index (χ4n) is 2.32. The fraction of sp³-hybridized carbons (Fsp3) is 0.286. The highest BCUT2D eigenvalue weighted by Crippen LogP contribution is 2.34. The van der Waals surface area contributed by atoms with E-state index in [1.165, 1.54) is 25.6 Å². The van der Waals surface area contributed by atoms with Crippen molar-refractivity contribution in [3.05, 3.63) is 37.5 Å². The van der Waals surface area contributed by atoms with Crippen LogP contribution in [0.2, 0.25) is 0 Å². The van der Waals surface area contributed by atoms with E-state index in [0.717, 1.165) is 18.4 Å². The number of carbonyl (C=O) groups is 3. The Bertz CT molecular complexity index is 944. The summed E-state index contributed by atoms with van der Waals surface area (Å²) in [4.78, 5) is 46.6. The number of thiophene rings is 1. The Balaban J connectivity index is 2.52. The number of rotatable bonds is 5. The number of hydrogen-bond acceptors (Lipinski definition) is 8. The van der Waals surface area contributed by atoms with Crippen molar-refractivity contribution in [2.45, 2.75) is 13.8 Å². The van der Waals surface area contributed by atoms with Crippen LogP contribution in [-0.2, 0) is 11.8 Å². The minimum atomic E-state index is -0.900. The fourth-order valence-corrected chi connectivity index (χ4v) is 3.36. The molecule has 2 aromatic heterocycles. The summed E-state index contributed by atoms with van der Waals surface area (Å²) in [5.74, 6) is -2.46. The van der Waals surface area contributed by atoms with Crippen molar-refractivity contribution in [3.63, 3.8) is 0 Å². The molecule has 0 fully saturated rings. The molecule has 0 aliphatic heterocycles. The van der Waals surface area contributed by atoms with Gasteiger partial charge in [0, 0.05) is 7.05 Å². The van der Waals surface area contributed by atoms with E-state index >= 15 is 0 Å². The van der Waals surface area contributed by atoms with Crippen LogP contribution in [0.15, 0.2) is 0 Å². The van der Waals surface area contributed by atoms with Crippen molar-refractivity contribution in [3.8, 4) is 0 Å². The molecule has 11 nitrogen and oxygen atoms in total. The molecule has 138 valence electrons. The molecule has 0 radical (unpaired) electrons. The largest absolute Gasteiger partial charge is 0.465 e. The number of aromatic nitrogens is 2. The number of nitrogens with two attached hydrogens (primary N) is 1. The van der Waals surface area contributed by atoms with E-state index in [1.54, 1.807) is 0 Å². The van der Waals surface area contributed by atoms with Crippen LogP contribution in [0.5, 0.6) is 0 Å². The lowest BCUT2D eigenvalue weighted by molar-refractivity contribution is -0.385. The Labute approximate surface area is 150 Å². The number of nitrogens with one attached hydrogen (secondary N) is 1. The number of primary amides is 1. The minimum Gasteiger partial charge on any atom is -0.465 e. The number of aryl methyl sites for hydroxylation is 1. The third-order valence-corrected chi connectivity index (χ3v) is 4.91. The van der Waals surface area contributed by atoms with Crippen LogP contribution in [0.25, 0.3) is 0 Å². The summed E-state index contributed by atoms with van der Waals surface area (Å²) >= 11 is 0.774. The SMILES string of the molecule is COC(=O)c1c(NC(=O)c2nn(C)c(C)c2[N+](=O)[O-])sc(C(N)=O)c1C. The van der Waals surface area contributed by atoms with E-state index in [-0.39, 0.29) is 26.7 Å². The highest BCUT2D eigenvalue weighted by Gasteiger charge is 2.31. The highest BCUT2D eigenvalue weighted by molar-refractivity contribution is 7.18. The summed E-state index contributed by atoms with van der Waals surface area (Å²) in [5.41, 5.74) is 4.79. The number of hydrogen-bond donors (Lipinski definition) is 2. The van der Waals surface area contributed by atoms with Crippen LogP contribution in [0.1, 0.15) is 41.8 Å². The van der Waals surface area contributed by atoms with Gasteiger partial charge in [0.1, 0.15) is 10.7 Å². The van der Waals surface area contributed by atoms with E-state index in [4.69, 9.17) is 5.73 Å². The minimum absolute atomic E-state index is 0.00856. The van der Waals surface area contributed by atoms with Crippen molar-refractivity contribution in [1.29, 1.82) is 0 Å². The van der Waals surface area contributed by atoms with Gasteiger partial charge in [-0.1, -0.05) is 0 Å². The molecule has 2 amide bonds. The molecular formula is C14H15N5O6S. The van der Waals surface area contributed by atoms with E-state index in [9.17, 15) is 24.5 Å². The summed E-state index contributed by atoms with van der Waals surface area (Å²) in [5, 5.41) is 17.4. The van der Waals surface area contributed by atoms with Gasteiger partial charge in [0.15, 0.2) is 0 Å². The second kappa shape index (κ2) is 6.92. The van der Waals surface area contributed by atoms with Gasteiger partial charge in [-0.05, 0) is 19.4 Å². The van der Waals surface area contributed by atoms with Gasteiger partial charge in [-0.2, -0.15) is 5.10 Å². The molecule has 0 bridgehead atoms. The number of methoxy groups -OCH3 is 1. The number of nitro groups is 1. The van der Waals surface area contributed by atoms with Gasteiger partial charge in [0.05, 0.1) is 22.5 Å². The summed E-state index contributed by atoms with van der Waals surface area (Å²) in [7, 11) is 2.60. The molecule has 3 N–H and O–H groups in total. The van der Waals surface area contributed by atoms with Crippen LogP contribution in [0, 0.1) is 24.0 Å². The van der Waals surface area contributed by atoms with E-state index < -0.39 is 34.1 Å². The molecule has 0 aliphatic rings. The normalized spacial score (nSPS) is 10.5. The molecule has 0 aromatic carbocycles. The Kier molecular flexibility index (Phi) is 5.07. The van der Waals surface area contributed by atoms with E-state index in [1.807, 2.05) is 0 Å². The molecular weight excluding hydrogens is 366 g/mol. The van der Waals surface area contributed by atoms with Gasteiger partial charge in [0.25, 0.3) is 11.8 Å². The molecule has 2 rings (SSSR count). The Morgan fingerprint density at radius 3 is 2.46 bits per heavy atom. The summed E-state index contributed by atoms with van der Waals surface area (Å²) in [6.07, 6.45) is 0. The zero-order chi connectivity index (χ0) is 19.8. The maximum Gasteiger partial charge on any atom is 0.341 e. The third kappa shape index (κ3) is 3.13. The maximum atomic E-state index is 12.5. The average molecular weight is 381 g/mol. The van der Waals surface area contributed by atoms with Gasteiger partial charge in [0.2, 0.25) is 5.69 Å². The first-order chi connectivity index (χ1) is 12.1. The maximum absolute atomic E-state index is 12.5. The molecule has 2 heterocycles. The lowest BCUT2D eigenvalue weighted by Crippen LogP contribution is -2.16. The van der Waals surface area contributed by atoms with Crippen LogP contribution < -0.4 is 11.1 Å². The van der Waals surface area contributed by atoms with Gasteiger partial charge < -0.3 is 15.8 Å². The Morgan fingerprint density at radius 2 is 1.96 bits per heavy atom. The first-order valence-corrected chi connectivity index (χ1v) is 7.92. The molecule has 0 spiro atoms. The highest BCUT2D eigenvalue weighted by atomic mass is 32.1. The zero-order valence-corrected chi connectivity index (χ0v) is 15.1. The Morgan fingerprint density at radius 1 is 1.35 bits per heavy atom. The first-order valence-electron chi connectivity index (χ1n) is 7.10. The standard InChI is InChI=1S/C14H15N5O6S/c1-5-7(14(22)25-4)13(26-10(5)11(15)20)16-12(21)8-9(19(23)24)6(2)18(3)17-8/h1-4H3,(H2,15,20)(H,16,21). The smallest absolute Gasteiger partial charge is 0.341 e. The number of nitrogens with zero attached hydrogens (tertiary/aromatic N) is 3. The van der Waals surface area contributed by atoms with Crippen LogP contribution >= 0.6 is 11.3 Å². The van der Waals surface area contributed by atoms with Crippen LogP contribution in [-0.4, -0.2) is 39.6 Å². The van der Waals surface area contributed by atoms with Gasteiger partial charge in [-0.3, -0.25) is 24.4 Å². The molecule has 12 heteroatoms. The molecule has 0 unspecified atom stereocenters. The van der Waals surface area contributed by atoms with E-state index in [0.29, 0.717) is 0 Å². The molecule has 26 heavy (non-hydrogen) atoms. The summed E-state index contributed by atoms with van der Waals surface area (Å²) in [6, 6.07) is 0. The number of amides is 2. The second-order valence-electron chi connectivity index (χ2n) is 5.23. The van der Waals surface area contributed by atoms with Gasteiger partial charge in [-0.25, -0.2) is 4.79 Å². The van der Waals surface area contributed by atoms with Crippen molar-refractivity contribution in [2.75, 3.05) is 12.4 Å². The zero-order valence-electron chi connectivity index (χ0n) is 14.3. The van der Waals surface area contributed by atoms with Gasteiger partial charge in [-0.15, -0.1) is 11.3 Å². The van der Waals surface area contributed by atoms with Crippen molar-refractivity contribution >= 4 is 39.8 Å². The third-order valence-electron chi connectivity index (χ3n) is 3.69. The summed E-state index contributed by atoms with van der Waals surface area (Å²) in [6.45, 7) is 2.92. The number of esters is 1. The lowest BCUT2D eigenvalue weighted by Gasteiger charge is -2.04. The Hall–Kier alpha value is -3.28. The first kappa shape index (κ1) is 19.1. The molecule has 0 saturated heterocycles. The summed E-state index contributed by atoms with van der Waals surface area (Å²) < 4.78 is 5.86. The van der Waals surface area contributed by atoms with Crippen molar-refractivity contribution < 1.29 is 24.0 Å². The second-order valence-corrected chi connectivity index (χ2v) is 6.25. The van der Waals surface area contributed by atoms with Crippen molar-refractivity contribution in [1.82, 2.24) is 9.78 Å². The predicted molar refractivity (Wildman–Crippen MR) is 91.5 cm³/mol. The average Bonchev–Trinajstić information content (AvgIpc) is 3.04. The van der Waals surface area contributed by atoms with Crippen molar-refractivity contribution in [2.24, 2.45) is 12.8 Å². The van der Waals surface area contributed by atoms with Crippen LogP contribution in [0.4, 0.5) is 10.7 Å². The monoisotopic (exact) mass is 381 g/mol. The predicted octanol–water partition coefficient (Wildman–Crippen LogP) is 1.14. The molecule has 0 atom stereocenters.